The molecule has 6 nitrogen and oxygen atoms in total. The van der Waals surface area contributed by atoms with Gasteiger partial charge in [0.2, 0.25) is 0 Å². The zero-order chi connectivity index (χ0) is 18.2. The lowest BCUT2D eigenvalue weighted by Gasteiger charge is -2.33. The summed E-state index contributed by atoms with van der Waals surface area (Å²) in [6, 6.07) is 4.00. The maximum Gasteiger partial charge on any atom is 0.267 e. The van der Waals surface area contributed by atoms with Crippen molar-refractivity contribution in [2.75, 3.05) is 18.0 Å². The Morgan fingerprint density at radius 2 is 1.85 bits per heavy atom. The van der Waals surface area contributed by atoms with E-state index in [1.54, 1.807) is 11.0 Å². The van der Waals surface area contributed by atoms with Crippen LogP contribution in [0.4, 0.5) is 5.82 Å². The second-order valence-corrected chi connectivity index (χ2v) is 8.35. The van der Waals surface area contributed by atoms with E-state index in [9.17, 15) is 4.79 Å². The molecule has 3 aliphatic rings. The molecule has 0 unspecified atom stereocenters. The highest BCUT2D eigenvalue weighted by Crippen LogP contribution is 2.36. The number of hydrogen-bond donors (Lipinski definition) is 0. The van der Waals surface area contributed by atoms with Crippen molar-refractivity contribution in [3.05, 3.63) is 45.8 Å². The summed E-state index contributed by atoms with van der Waals surface area (Å²) in [6.45, 7) is 2.73. The second-order valence-electron chi connectivity index (χ2n) is 8.35. The van der Waals surface area contributed by atoms with Crippen molar-refractivity contribution < 1.29 is 0 Å². The van der Waals surface area contributed by atoms with Crippen LogP contribution in [-0.4, -0.2) is 32.8 Å². The van der Waals surface area contributed by atoms with Gasteiger partial charge in [-0.05, 0) is 56.4 Å². The summed E-state index contributed by atoms with van der Waals surface area (Å²) in [7, 11) is 0. The van der Waals surface area contributed by atoms with Crippen LogP contribution < -0.4 is 10.5 Å². The fraction of sp³-hybridized carbons (Fsp3) is 0.619. The molecule has 0 aromatic carbocycles. The zero-order valence-corrected chi connectivity index (χ0v) is 15.8. The Balaban J connectivity index is 1.23. The number of aromatic nitrogens is 4. The van der Waals surface area contributed by atoms with Crippen molar-refractivity contribution in [2.45, 2.75) is 63.8 Å². The lowest BCUT2D eigenvalue weighted by Crippen LogP contribution is -2.37. The Bertz CT molecular complexity index is 880. The Morgan fingerprint density at radius 1 is 1.00 bits per heavy atom. The number of anilines is 1. The molecule has 6 heteroatoms. The van der Waals surface area contributed by atoms with Gasteiger partial charge in [0.25, 0.3) is 5.56 Å². The van der Waals surface area contributed by atoms with Gasteiger partial charge in [-0.15, -0.1) is 0 Å². The van der Waals surface area contributed by atoms with Crippen LogP contribution in [0.5, 0.6) is 0 Å². The predicted molar refractivity (Wildman–Crippen MR) is 104 cm³/mol. The molecule has 1 saturated carbocycles. The number of rotatable bonds is 4. The van der Waals surface area contributed by atoms with Crippen LogP contribution in [-0.2, 0) is 19.4 Å². The number of fused-ring (bicyclic) bond motifs is 1. The molecule has 0 N–H and O–H groups in total. The largest absolute Gasteiger partial charge is 0.356 e. The van der Waals surface area contributed by atoms with E-state index in [0.717, 1.165) is 68.8 Å². The highest BCUT2D eigenvalue weighted by molar-refractivity contribution is 5.40. The minimum absolute atomic E-state index is 0.0685. The van der Waals surface area contributed by atoms with Gasteiger partial charge in [-0.3, -0.25) is 4.79 Å². The van der Waals surface area contributed by atoms with E-state index in [1.165, 1.54) is 25.0 Å². The molecule has 5 rings (SSSR count). The third-order valence-corrected chi connectivity index (χ3v) is 6.59. The van der Waals surface area contributed by atoms with E-state index in [1.807, 2.05) is 6.07 Å². The summed E-state index contributed by atoms with van der Waals surface area (Å²) in [4.78, 5) is 23.7. The molecule has 1 aliphatic heterocycles. The summed E-state index contributed by atoms with van der Waals surface area (Å²) < 4.78 is 1.71. The van der Waals surface area contributed by atoms with Crippen molar-refractivity contribution in [1.29, 1.82) is 0 Å². The average Bonchev–Trinajstić information content (AvgIpc) is 3.08. The standard InChI is InChI=1S/C21H27N5O/c27-21-11-17-5-2-6-18(17)24-26(21)13-15-7-9-25(10-8-15)20-12-19(22-14-23-20)16-3-1-4-16/h11-12,14-16H,1-10,13H2. The minimum Gasteiger partial charge on any atom is -0.356 e. The Kier molecular flexibility index (Phi) is 4.42. The SMILES string of the molecule is O=c1cc2c(nn1CC1CCN(c3cc(C4CCC4)ncn3)CC1)CCC2. The normalized spacial score (nSPS) is 20.5. The van der Waals surface area contributed by atoms with Gasteiger partial charge in [0, 0.05) is 43.4 Å². The van der Waals surface area contributed by atoms with Crippen LogP contribution in [0.2, 0.25) is 0 Å². The molecule has 0 bridgehead atoms. The lowest BCUT2D eigenvalue weighted by atomic mass is 9.83. The Morgan fingerprint density at radius 3 is 2.63 bits per heavy atom. The molecule has 2 aromatic rings. The monoisotopic (exact) mass is 365 g/mol. The summed E-state index contributed by atoms with van der Waals surface area (Å²) in [5, 5.41) is 4.64. The molecular formula is C21H27N5O. The number of aryl methyl sites for hydroxylation is 2. The van der Waals surface area contributed by atoms with Gasteiger partial charge in [-0.25, -0.2) is 14.6 Å². The topological polar surface area (TPSA) is 63.9 Å². The smallest absolute Gasteiger partial charge is 0.267 e. The van der Waals surface area contributed by atoms with Crippen molar-refractivity contribution in [3.63, 3.8) is 0 Å². The van der Waals surface area contributed by atoms with Gasteiger partial charge in [0.05, 0.1) is 5.69 Å². The first-order valence-electron chi connectivity index (χ1n) is 10.4. The highest BCUT2D eigenvalue weighted by Gasteiger charge is 2.25. The van der Waals surface area contributed by atoms with Gasteiger partial charge in [-0.2, -0.15) is 5.10 Å². The molecule has 1 saturated heterocycles. The quantitative estimate of drug-likeness (QED) is 0.834. The summed E-state index contributed by atoms with van der Waals surface area (Å²) in [5.41, 5.74) is 3.58. The molecule has 2 aliphatic carbocycles. The van der Waals surface area contributed by atoms with Crippen LogP contribution in [0.3, 0.4) is 0 Å². The Hall–Kier alpha value is -2.24. The van der Waals surface area contributed by atoms with E-state index in [0.29, 0.717) is 11.8 Å². The van der Waals surface area contributed by atoms with E-state index in [4.69, 9.17) is 0 Å². The van der Waals surface area contributed by atoms with Crippen LogP contribution in [0.1, 0.15) is 61.4 Å². The van der Waals surface area contributed by atoms with Crippen LogP contribution in [0.25, 0.3) is 0 Å². The van der Waals surface area contributed by atoms with Gasteiger partial charge in [0.1, 0.15) is 12.1 Å². The zero-order valence-electron chi connectivity index (χ0n) is 15.8. The number of hydrogen-bond acceptors (Lipinski definition) is 5. The highest BCUT2D eigenvalue weighted by atomic mass is 16.1. The average molecular weight is 365 g/mol. The van der Waals surface area contributed by atoms with Crippen LogP contribution >= 0.6 is 0 Å². The molecule has 0 radical (unpaired) electrons. The third-order valence-electron chi connectivity index (χ3n) is 6.59. The van der Waals surface area contributed by atoms with Crippen molar-refractivity contribution in [3.8, 4) is 0 Å². The lowest BCUT2D eigenvalue weighted by molar-refractivity contribution is 0.333. The molecule has 0 amide bonds. The van der Waals surface area contributed by atoms with E-state index in [-0.39, 0.29) is 5.56 Å². The summed E-state index contributed by atoms with van der Waals surface area (Å²) in [5.74, 6) is 2.22. The molecule has 142 valence electrons. The van der Waals surface area contributed by atoms with Crippen LogP contribution in [0.15, 0.2) is 23.3 Å². The maximum absolute atomic E-state index is 12.3. The molecular weight excluding hydrogens is 338 g/mol. The second kappa shape index (κ2) is 7.06. The first-order chi connectivity index (χ1) is 13.3. The minimum atomic E-state index is 0.0685. The summed E-state index contributed by atoms with van der Waals surface area (Å²) in [6.07, 6.45) is 10.9. The molecule has 2 fully saturated rings. The van der Waals surface area contributed by atoms with Crippen LogP contribution in [0, 0.1) is 5.92 Å². The first-order valence-corrected chi connectivity index (χ1v) is 10.4. The van der Waals surface area contributed by atoms with E-state index < -0.39 is 0 Å². The van der Waals surface area contributed by atoms with Crippen molar-refractivity contribution >= 4 is 5.82 Å². The van der Waals surface area contributed by atoms with E-state index >= 15 is 0 Å². The van der Waals surface area contributed by atoms with Gasteiger partial charge < -0.3 is 4.90 Å². The Labute approximate surface area is 159 Å². The number of piperidine rings is 1. The molecule has 3 heterocycles. The maximum atomic E-state index is 12.3. The molecule has 0 spiro atoms. The predicted octanol–water partition coefficient (Wildman–Crippen LogP) is 2.71. The molecule has 2 aromatic heterocycles. The van der Waals surface area contributed by atoms with Gasteiger partial charge in [-0.1, -0.05) is 6.42 Å². The first kappa shape index (κ1) is 16.9. The fourth-order valence-corrected chi connectivity index (χ4v) is 4.62. The van der Waals surface area contributed by atoms with Gasteiger partial charge >= 0.3 is 0 Å². The van der Waals surface area contributed by atoms with Gasteiger partial charge in [0.15, 0.2) is 0 Å². The van der Waals surface area contributed by atoms with Crippen molar-refractivity contribution in [1.82, 2.24) is 19.7 Å². The summed E-state index contributed by atoms with van der Waals surface area (Å²) >= 11 is 0. The molecule has 0 atom stereocenters. The van der Waals surface area contributed by atoms with Crippen molar-refractivity contribution in [2.24, 2.45) is 5.92 Å². The number of nitrogens with zero attached hydrogens (tertiary/aromatic N) is 5. The van der Waals surface area contributed by atoms with E-state index in [2.05, 4.69) is 26.0 Å². The fourth-order valence-electron chi connectivity index (χ4n) is 4.62. The third kappa shape index (κ3) is 3.37. The molecule has 27 heavy (non-hydrogen) atoms.